The van der Waals surface area contributed by atoms with Crippen molar-refractivity contribution in [3.8, 4) is 5.75 Å². The highest BCUT2D eigenvalue weighted by molar-refractivity contribution is 5.78. The lowest BCUT2D eigenvalue weighted by atomic mass is 9.87. The van der Waals surface area contributed by atoms with Gasteiger partial charge in [0.15, 0.2) is 0 Å². The highest BCUT2D eigenvalue weighted by atomic mass is 16.5. The second kappa shape index (κ2) is 8.48. The summed E-state index contributed by atoms with van der Waals surface area (Å²) in [5, 5.41) is 0. The van der Waals surface area contributed by atoms with Crippen molar-refractivity contribution < 1.29 is 9.53 Å². The van der Waals surface area contributed by atoms with Crippen LogP contribution in [0, 0.1) is 6.92 Å². The van der Waals surface area contributed by atoms with Gasteiger partial charge in [0.25, 0.3) is 0 Å². The molecule has 0 aliphatic carbocycles. The van der Waals surface area contributed by atoms with E-state index in [1.807, 2.05) is 41.4 Å². The van der Waals surface area contributed by atoms with Crippen molar-refractivity contribution in [2.24, 2.45) is 0 Å². The maximum atomic E-state index is 13.2. The number of hydrogen-bond donors (Lipinski definition) is 0. The van der Waals surface area contributed by atoms with E-state index in [9.17, 15) is 4.79 Å². The number of fused-ring (bicyclic) bond motifs is 1. The van der Waals surface area contributed by atoms with Crippen LogP contribution in [0.1, 0.15) is 40.3 Å². The maximum Gasteiger partial charge on any atom is 0.223 e. The van der Waals surface area contributed by atoms with Gasteiger partial charge < -0.3 is 9.64 Å². The molecule has 0 bridgehead atoms. The van der Waals surface area contributed by atoms with E-state index in [2.05, 4.69) is 36.2 Å². The van der Waals surface area contributed by atoms with E-state index in [4.69, 9.17) is 4.74 Å². The van der Waals surface area contributed by atoms with Crippen molar-refractivity contribution in [2.75, 3.05) is 13.7 Å². The van der Waals surface area contributed by atoms with Gasteiger partial charge in [-0.2, -0.15) is 0 Å². The van der Waals surface area contributed by atoms with E-state index < -0.39 is 0 Å². The van der Waals surface area contributed by atoms with E-state index in [1.165, 1.54) is 16.7 Å². The fourth-order valence-corrected chi connectivity index (χ4v) is 4.11. The Labute approximate surface area is 172 Å². The van der Waals surface area contributed by atoms with E-state index >= 15 is 0 Å². The summed E-state index contributed by atoms with van der Waals surface area (Å²) in [5.41, 5.74) is 6.01. The minimum Gasteiger partial charge on any atom is -0.497 e. The molecule has 29 heavy (non-hydrogen) atoms. The number of benzene rings is 2. The summed E-state index contributed by atoms with van der Waals surface area (Å²) in [5.74, 6) is 1.01. The number of methoxy groups -OCH3 is 1. The van der Waals surface area contributed by atoms with Gasteiger partial charge in [-0.3, -0.25) is 9.78 Å². The molecule has 1 atom stereocenters. The zero-order valence-corrected chi connectivity index (χ0v) is 17.0. The van der Waals surface area contributed by atoms with E-state index in [1.54, 1.807) is 13.3 Å². The number of amides is 1. The van der Waals surface area contributed by atoms with Crippen molar-refractivity contribution in [1.82, 2.24) is 9.88 Å². The Hall–Kier alpha value is -3.14. The molecule has 1 aliphatic rings. The molecule has 0 saturated heterocycles. The quantitative estimate of drug-likeness (QED) is 0.648. The van der Waals surface area contributed by atoms with Crippen LogP contribution in [0.2, 0.25) is 0 Å². The molecule has 1 unspecified atom stereocenters. The minimum absolute atomic E-state index is 0.0728. The molecule has 3 aromatic rings. The number of hydrogen-bond acceptors (Lipinski definition) is 3. The lowest BCUT2D eigenvalue weighted by Crippen LogP contribution is -2.40. The third kappa shape index (κ3) is 4.16. The molecule has 1 aliphatic heterocycles. The van der Waals surface area contributed by atoms with Gasteiger partial charge in [-0.15, -0.1) is 0 Å². The number of rotatable bonds is 5. The number of aromatic nitrogens is 1. The molecule has 1 aromatic heterocycles. The molecule has 2 heterocycles. The van der Waals surface area contributed by atoms with Crippen LogP contribution in [0.15, 0.2) is 67.0 Å². The van der Waals surface area contributed by atoms with Gasteiger partial charge in [0.1, 0.15) is 5.75 Å². The van der Waals surface area contributed by atoms with Gasteiger partial charge in [0.2, 0.25) is 5.91 Å². The number of pyridine rings is 1. The Morgan fingerprint density at radius 1 is 1.17 bits per heavy atom. The lowest BCUT2D eigenvalue weighted by molar-refractivity contribution is -0.133. The van der Waals surface area contributed by atoms with Crippen LogP contribution in [-0.2, 0) is 17.6 Å². The molecule has 4 nitrogen and oxygen atoms in total. The summed E-state index contributed by atoms with van der Waals surface area (Å²) in [7, 11) is 1.66. The van der Waals surface area contributed by atoms with Crippen molar-refractivity contribution in [3.05, 3.63) is 94.8 Å². The van der Waals surface area contributed by atoms with Gasteiger partial charge >= 0.3 is 0 Å². The molecular weight excluding hydrogens is 360 g/mol. The van der Waals surface area contributed by atoms with Gasteiger partial charge in [-0.05, 0) is 60.2 Å². The molecule has 1 amide bonds. The summed E-state index contributed by atoms with van der Waals surface area (Å²) >= 11 is 0. The van der Waals surface area contributed by atoms with Gasteiger partial charge in [0, 0.05) is 25.4 Å². The Morgan fingerprint density at radius 2 is 2.00 bits per heavy atom. The average molecular weight is 386 g/mol. The average Bonchev–Trinajstić information content (AvgIpc) is 2.77. The summed E-state index contributed by atoms with van der Waals surface area (Å²) in [6.07, 6.45) is 5.76. The fraction of sp³-hybridized carbons (Fsp3) is 0.280. The smallest absolute Gasteiger partial charge is 0.223 e. The first-order chi connectivity index (χ1) is 14.2. The van der Waals surface area contributed by atoms with Crippen LogP contribution < -0.4 is 4.74 Å². The molecule has 0 radical (unpaired) electrons. The molecule has 0 saturated carbocycles. The lowest BCUT2D eigenvalue weighted by Gasteiger charge is -2.38. The van der Waals surface area contributed by atoms with Crippen LogP contribution in [0.5, 0.6) is 5.75 Å². The van der Waals surface area contributed by atoms with Crippen molar-refractivity contribution in [1.29, 1.82) is 0 Å². The Kier molecular flexibility index (Phi) is 5.61. The zero-order valence-electron chi connectivity index (χ0n) is 17.0. The van der Waals surface area contributed by atoms with Crippen LogP contribution in [-0.4, -0.2) is 29.4 Å². The molecule has 0 spiro atoms. The van der Waals surface area contributed by atoms with Crippen molar-refractivity contribution >= 4 is 5.91 Å². The third-order valence-electron chi connectivity index (χ3n) is 5.63. The van der Waals surface area contributed by atoms with Crippen LogP contribution in [0.25, 0.3) is 0 Å². The SMILES string of the molecule is COc1ccc(CCC(=O)N2CCc3cc(C)ccc3C2c2cccnc2)cc1. The number of carbonyl (C=O) groups is 1. The van der Waals surface area contributed by atoms with Gasteiger partial charge in [-0.25, -0.2) is 0 Å². The highest BCUT2D eigenvalue weighted by Crippen LogP contribution is 2.35. The number of aryl methyl sites for hydroxylation is 2. The van der Waals surface area contributed by atoms with Crippen molar-refractivity contribution in [3.63, 3.8) is 0 Å². The first-order valence-corrected chi connectivity index (χ1v) is 10.1. The predicted octanol–water partition coefficient (Wildman–Crippen LogP) is 4.51. The highest BCUT2D eigenvalue weighted by Gasteiger charge is 2.31. The topological polar surface area (TPSA) is 42.4 Å². The van der Waals surface area contributed by atoms with Crippen LogP contribution in [0.3, 0.4) is 0 Å². The standard InChI is InChI=1S/C25H26N2O2/c1-18-5-11-23-20(16-18)13-15-27(25(23)21-4-3-14-26-17-21)24(28)12-8-19-6-9-22(29-2)10-7-19/h3-7,9-11,14,16-17,25H,8,12-13,15H2,1-2H3. The molecular formula is C25H26N2O2. The monoisotopic (exact) mass is 386 g/mol. The van der Waals surface area contributed by atoms with E-state index in [0.29, 0.717) is 6.42 Å². The van der Waals surface area contributed by atoms with Gasteiger partial charge in [0.05, 0.1) is 13.2 Å². The maximum absolute atomic E-state index is 13.2. The third-order valence-corrected chi connectivity index (χ3v) is 5.63. The Morgan fingerprint density at radius 3 is 2.72 bits per heavy atom. The largest absolute Gasteiger partial charge is 0.497 e. The second-order valence-electron chi connectivity index (χ2n) is 7.58. The Balaban J connectivity index is 1.57. The molecule has 0 N–H and O–H groups in total. The van der Waals surface area contributed by atoms with E-state index in [-0.39, 0.29) is 11.9 Å². The van der Waals surface area contributed by atoms with Crippen LogP contribution >= 0.6 is 0 Å². The first-order valence-electron chi connectivity index (χ1n) is 10.1. The van der Waals surface area contributed by atoms with Crippen LogP contribution in [0.4, 0.5) is 0 Å². The summed E-state index contributed by atoms with van der Waals surface area (Å²) < 4.78 is 5.21. The number of nitrogens with zero attached hydrogens (tertiary/aromatic N) is 2. The number of ether oxygens (including phenoxy) is 1. The fourth-order valence-electron chi connectivity index (χ4n) is 4.11. The molecule has 2 aromatic carbocycles. The minimum atomic E-state index is -0.0728. The molecule has 4 rings (SSSR count). The molecule has 4 heteroatoms. The Bertz CT molecular complexity index is 983. The van der Waals surface area contributed by atoms with Gasteiger partial charge in [-0.1, -0.05) is 42.0 Å². The second-order valence-corrected chi connectivity index (χ2v) is 7.58. The normalized spacial score (nSPS) is 15.7. The zero-order chi connectivity index (χ0) is 20.2. The first kappa shape index (κ1) is 19.2. The summed E-state index contributed by atoms with van der Waals surface area (Å²) in [6, 6.07) is 18.4. The van der Waals surface area contributed by atoms with Crippen molar-refractivity contribution in [2.45, 2.75) is 32.2 Å². The predicted molar refractivity (Wildman–Crippen MR) is 114 cm³/mol. The number of carbonyl (C=O) groups excluding carboxylic acids is 1. The molecule has 0 fully saturated rings. The van der Waals surface area contributed by atoms with E-state index in [0.717, 1.165) is 36.3 Å². The molecule has 148 valence electrons. The summed E-state index contributed by atoms with van der Waals surface area (Å²) in [6.45, 7) is 2.85. The summed E-state index contributed by atoms with van der Waals surface area (Å²) in [4.78, 5) is 19.6.